The predicted octanol–water partition coefficient (Wildman–Crippen LogP) is 1.21. The van der Waals surface area contributed by atoms with Gasteiger partial charge in [0.2, 0.25) is 0 Å². The van der Waals surface area contributed by atoms with Gasteiger partial charge in [0.15, 0.2) is 6.20 Å². The van der Waals surface area contributed by atoms with Gasteiger partial charge in [-0.1, -0.05) is 0 Å². The Kier molecular flexibility index (Phi) is 3.00. The molecule has 2 rings (SSSR count). The van der Waals surface area contributed by atoms with E-state index in [1.54, 1.807) is 6.07 Å². The number of nitro groups is 1. The first-order valence-electron chi connectivity index (χ1n) is 5.14. The molecule has 0 spiro atoms. The van der Waals surface area contributed by atoms with Crippen LogP contribution in [0.25, 0.3) is 0 Å². The molecule has 0 N–H and O–H groups in total. The fraction of sp³-hybridized carbons (Fsp3) is 0.500. The Balaban J connectivity index is 2.11. The molecule has 1 unspecified atom stereocenters. The first-order valence-corrected chi connectivity index (χ1v) is 5.14. The number of nitrogens with zero attached hydrogens (tertiary/aromatic N) is 3. The molecule has 1 aliphatic rings. The summed E-state index contributed by atoms with van der Waals surface area (Å²) in [5.74, 6) is -0.120. The zero-order valence-electron chi connectivity index (χ0n) is 9.00. The molecule has 1 saturated heterocycles. The smallest absolute Gasteiger partial charge is 0.363 e. The van der Waals surface area contributed by atoms with Crippen molar-refractivity contribution in [2.45, 2.75) is 13.0 Å². The second-order valence-electron chi connectivity index (χ2n) is 3.76. The Morgan fingerprint density at radius 3 is 3.00 bits per heavy atom. The summed E-state index contributed by atoms with van der Waals surface area (Å²) in [5.41, 5.74) is 0.903. The molecule has 16 heavy (non-hydrogen) atoms. The number of anilines is 1. The molecule has 2 heterocycles. The molecule has 0 aliphatic carbocycles. The Labute approximate surface area is 93.0 Å². The summed E-state index contributed by atoms with van der Waals surface area (Å²) in [6, 6.07) is 3.15. The minimum absolute atomic E-state index is 0.120. The van der Waals surface area contributed by atoms with Crippen LogP contribution in [0.4, 0.5) is 11.5 Å². The Morgan fingerprint density at radius 1 is 1.62 bits per heavy atom. The van der Waals surface area contributed by atoms with Gasteiger partial charge in [-0.05, 0) is 22.9 Å². The van der Waals surface area contributed by atoms with Crippen molar-refractivity contribution in [1.82, 2.24) is 4.98 Å². The summed E-state index contributed by atoms with van der Waals surface area (Å²) in [7, 11) is 0. The summed E-state index contributed by atoms with van der Waals surface area (Å²) >= 11 is 0. The standard InChI is InChI=1S/C10H13N3O3/c1-8-7-12(4-5-16-8)9-2-3-10(11-6-9)13(14)15/h2-3,6,8H,4-5,7H2,1H3. The Hall–Kier alpha value is -1.69. The average molecular weight is 223 g/mol. The number of ether oxygens (including phenoxy) is 1. The molecule has 6 nitrogen and oxygen atoms in total. The van der Waals surface area contributed by atoms with Gasteiger partial charge in [-0.15, -0.1) is 0 Å². The number of hydrogen-bond acceptors (Lipinski definition) is 5. The largest absolute Gasteiger partial charge is 0.375 e. The predicted molar refractivity (Wildman–Crippen MR) is 58.5 cm³/mol. The summed E-state index contributed by atoms with van der Waals surface area (Å²) in [6.07, 6.45) is 1.72. The Morgan fingerprint density at radius 2 is 2.44 bits per heavy atom. The number of morpholine rings is 1. The molecule has 1 fully saturated rings. The van der Waals surface area contributed by atoms with Crippen LogP contribution in [-0.4, -0.2) is 35.7 Å². The lowest BCUT2D eigenvalue weighted by atomic mass is 10.2. The SMILES string of the molecule is CC1CN(c2ccc([N+](=O)[O-])nc2)CCO1. The van der Waals surface area contributed by atoms with Crippen molar-refractivity contribution in [2.75, 3.05) is 24.6 Å². The fourth-order valence-electron chi connectivity index (χ4n) is 1.73. The van der Waals surface area contributed by atoms with E-state index in [2.05, 4.69) is 9.88 Å². The average Bonchev–Trinajstić information content (AvgIpc) is 2.29. The van der Waals surface area contributed by atoms with E-state index in [0.717, 1.165) is 18.8 Å². The van der Waals surface area contributed by atoms with Gasteiger partial charge in [-0.3, -0.25) is 0 Å². The van der Waals surface area contributed by atoms with Crippen LogP contribution in [0.2, 0.25) is 0 Å². The number of rotatable bonds is 2. The molecule has 6 heteroatoms. The maximum Gasteiger partial charge on any atom is 0.363 e. The zero-order valence-corrected chi connectivity index (χ0v) is 9.00. The second kappa shape index (κ2) is 4.44. The number of hydrogen-bond donors (Lipinski definition) is 0. The summed E-state index contributed by atoms with van der Waals surface area (Å²) < 4.78 is 5.42. The maximum absolute atomic E-state index is 10.5. The molecule has 1 atom stereocenters. The minimum Gasteiger partial charge on any atom is -0.375 e. The molecular formula is C10H13N3O3. The van der Waals surface area contributed by atoms with E-state index in [1.165, 1.54) is 12.3 Å². The van der Waals surface area contributed by atoms with Crippen LogP contribution in [0.1, 0.15) is 6.92 Å². The highest BCUT2D eigenvalue weighted by Crippen LogP contribution is 2.18. The molecule has 0 radical (unpaired) electrons. The van der Waals surface area contributed by atoms with E-state index in [-0.39, 0.29) is 11.9 Å². The van der Waals surface area contributed by atoms with E-state index < -0.39 is 4.92 Å². The number of pyridine rings is 1. The molecule has 1 aromatic rings. The van der Waals surface area contributed by atoms with E-state index in [0.29, 0.717) is 6.61 Å². The first-order chi connectivity index (χ1) is 7.66. The van der Waals surface area contributed by atoms with Crippen LogP contribution in [0, 0.1) is 10.1 Å². The van der Waals surface area contributed by atoms with Crippen LogP contribution < -0.4 is 4.90 Å². The number of aromatic nitrogens is 1. The van der Waals surface area contributed by atoms with Crippen molar-refractivity contribution in [3.63, 3.8) is 0 Å². The van der Waals surface area contributed by atoms with Crippen molar-refractivity contribution >= 4 is 11.5 Å². The highest BCUT2D eigenvalue weighted by atomic mass is 16.6. The summed E-state index contributed by atoms with van der Waals surface area (Å²) in [6.45, 7) is 4.27. The summed E-state index contributed by atoms with van der Waals surface area (Å²) in [5, 5.41) is 10.5. The van der Waals surface area contributed by atoms with Crippen molar-refractivity contribution in [1.29, 1.82) is 0 Å². The van der Waals surface area contributed by atoms with Crippen molar-refractivity contribution < 1.29 is 9.66 Å². The van der Waals surface area contributed by atoms with Gasteiger partial charge in [0.05, 0.1) is 18.4 Å². The minimum atomic E-state index is -0.494. The molecule has 0 bridgehead atoms. The maximum atomic E-state index is 10.5. The quantitative estimate of drug-likeness (QED) is 0.557. The molecule has 1 aromatic heterocycles. The van der Waals surface area contributed by atoms with Crippen LogP contribution in [-0.2, 0) is 4.74 Å². The van der Waals surface area contributed by atoms with Gasteiger partial charge in [0.25, 0.3) is 0 Å². The van der Waals surface area contributed by atoms with Gasteiger partial charge in [-0.25, -0.2) is 0 Å². The van der Waals surface area contributed by atoms with E-state index in [1.807, 2.05) is 6.92 Å². The van der Waals surface area contributed by atoms with Crippen LogP contribution in [0.3, 0.4) is 0 Å². The zero-order chi connectivity index (χ0) is 11.5. The van der Waals surface area contributed by atoms with Crippen LogP contribution in [0.5, 0.6) is 0 Å². The van der Waals surface area contributed by atoms with Gasteiger partial charge >= 0.3 is 5.82 Å². The van der Waals surface area contributed by atoms with E-state index in [9.17, 15) is 10.1 Å². The van der Waals surface area contributed by atoms with Crippen molar-refractivity contribution in [3.8, 4) is 0 Å². The topological polar surface area (TPSA) is 68.5 Å². The van der Waals surface area contributed by atoms with Gasteiger partial charge in [-0.2, -0.15) is 0 Å². The first kappa shape index (κ1) is 10.8. The van der Waals surface area contributed by atoms with Crippen LogP contribution >= 0.6 is 0 Å². The highest BCUT2D eigenvalue weighted by molar-refractivity contribution is 5.46. The lowest BCUT2D eigenvalue weighted by molar-refractivity contribution is -0.389. The normalized spacial score (nSPS) is 20.8. The van der Waals surface area contributed by atoms with E-state index >= 15 is 0 Å². The second-order valence-corrected chi connectivity index (χ2v) is 3.76. The highest BCUT2D eigenvalue weighted by Gasteiger charge is 2.18. The summed E-state index contributed by atoms with van der Waals surface area (Å²) in [4.78, 5) is 15.9. The fourth-order valence-corrected chi connectivity index (χ4v) is 1.73. The molecule has 0 aromatic carbocycles. The molecule has 0 amide bonds. The molecular weight excluding hydrogens is 210 g/mol. The third-order valence-electron chi connectivity index (χ3n) is 2.53. The lowest BCUT2D eigenvalue weighted by Crippen LogP contribution is -2.41. The molecule has 86 valence electrons. The van der Waals surface area contributed by atoms with Gasteiger partial charge in [0, 0.05) is 19.2 Å². The molecule has 0 saturated carbocycles. The molecule has 1 aliphatic heterocycles. The monoisotopic (exact) mass is 223 g/mol. The van der Waals surface area contributed by atoms with Gasteiger partial charge < -0.3 is 19.8 Å². The third kappa shape index (κ3) is 2.27. The van der Waals surface area contributed by atoms with Gasteiger partial charge in [0.1, 0.15) is 0 Å². The van der Waals surface area contributed by atoms with Crippen LogP contribution in [0.15, 0.2) is 18.3 Å². The third-order valence-corrected chi connectivity index (χ3v) is 2.53. The van der Waals surface area contributed by atoms with Crippen molar-refractivity contribution in [3.05, 3.63) is 28.4 Å². The lowest BCUT2D eigenvalue weighted by Gasteiger charge is -2.32. The Bertz CT molecular complexity index is 379. The van der Waals surface area contributed by atoms with E-state index in [4.69, 9.17) is 4.74 Å². The van der Waals surface area contributed by atoms with Crippen molar-refractivity contribution in [2.24, 2.45) is 0 Å².